The van der Waals surface area contributed by atoms with E-state index < -0.39 is 11.7 Å². The number of amides is 1. The van der Waals surface area contributed by atoms with Crippen LogP contribution in [0.5, 0.6) is 0 Å². The summed E-state index contributed by atoms with van der Waals surface area (Å²) >= 11 is 0. The van der Waals surface area contributed by atoms with Crippen molar-refractivity contribution in [3.63, 3.8) is 0 Å². The molecule has 7 heteroatoms. The zero-order valence-corrected chi connectivity index (χ0v) is 14.8. The van der Waals surface area contributed by atoms with E-state index in [4.69, 9.17) is 4.74 Å². The topological polar surface area (TPSA) is 97.0 Å². The average Bonchev–Trinajstić information content (AvgIpc) is 3.01. The molecular weight excluding hydrogens is 320 g/mol. The summed E-state index contributed by atoms with van der Waals surface area (Å²) in [5.41, 5.74) is 0.653. The summed E-state index contributed by atoms with van der Waals surface area (Å²) in [5, 5.41) is 3.66. The number of alkyl carbamates (subject to hydrolysis) is 1. The molecule has 25 heavy (non-hydrogen) atoms. The SMILES string of the molecule is CC(C)(C)OC(=O)NC1CCC(C(=O)c2ncnc3[nH]ccc23)CC1.[HH].[HH]. The quantitative estimate of drug-likeness (QED) is 0.824. The van der Waals surface area contributed by atoms with E-state index in [0.29, 0.717) is 11.3 Å². The Bertz CT molecular complexity index is 780. The third kappa shape index (κ3) is 4.15. The van der Waals surface area contributed by atoms with E-state index in [1.54, 1.807) is 6.20 Å². The second-order valence-corrected chi connectivity index (χ2v) is 7.52. The molecule has 138 valence electrons. The van der Waals surface area contributed by atoms with Gasteiger partial charge in [0.15, 0.2) is 5.78 Å². The first-order valence-corrected chi connectivity index (χ1v) is 8.65. The average molecular weight is 348 g/mol. The molecule has 0 radical (unpaired) electrons. The Balaban J connectivity index is 0.00000182. The molecule has 1 aliphatic rings. The number of ether oxygens (including phenoxy) is 1. The summed E-state index contributed by atoms with van der Waals surface area (Å²) < 4.78 is 5.29. The van der Waals surface area contributed by atoms with Gasteiger partial charge in [0.1, 0.15) is 23.3 Å². The molecule has 1 amide bonds. The van der Waals surface area contributed by atoms with Gasteiger partial charge in [0.05, 0.1) is 0 Å². The Labute approximate surface area is 149 Å². The molecule has 2 aromatic heterocycles. The van der Waals surface area contributed by atoms with Crippen LogP contribution in [0.1, 0.15) is 59.8 Å². The molecule has 1 saturated carbocycles. The number of H-pyrrole nitrogens is 1. The van der Waals surface area contributed by atoms with E-state index in [0.717, 1.165) is 31.1 Å². The van der Waals surface area contributed by atoms with Crippen LogP contribution in [0, 0.1) is 5.92 Å². The molecule has 2 heterocycles. The van der Waals surface area contributed by atoms with Gasteiger partial charge in [-0.2, -0.15) is 0 Å². The maximum absolute atomic E-state index is 12.8. The molecule has 2 aromatic rings. The normalized spacial score (nSPS) is 21.1. The number of nitrogens with one attached hydrogen (secondary N) is 2. The van der Waals surface area contributed by atoms with Gasteiger partial charge in [-0.05, 0) is 52.5 Å². The number of rotatable bonds is 3. The lowest BCUT2D eigenvalue weighted by atomic mass is 9.82. The van der Waals surface area contributed by atoms with E-state index in [1.807, 2.05) is 26.8 Å². The first-order valence-electron chi connectivity index (χ1n) is 8.65. The van der Waals surface area contributed by atoms with Gasteiger partial charge >= 0.3 is 6.09 Å². The smallest absolute Gasteiger partial charge is 0.407 e. The third-order valence-corrected chi connectivity index (χ3v) is 4.41. The number of aromatic amines is 1. The highest BCUT2D eigenvalue weighted by atomic mass is 16.6. The molecule has 0 bridgehead atoms. The van der Waals surface area contributed by atoms with Gasteiger partial charge < -0.3 is 15.0 Å². The van der Waals surface area contributed by atoms with Crippen LogP contribution in [-0.2, 0) is 4.74 Å². The van der Waals surface area contributed by atoms with Crippen LogP contribution < -0.4 is 5.32 Å². The van der Waals surface area contributed by atoms with Crippen molar-refractivity contribution in [1.82, 2.24) is 20.3 Å². The maximum atomic E-state index is 12.8. The van der Waals surface area contributed by atoms with E-state index in [2.05, 4.69) is 20.3 Å². The van der Waals surface area contributed by atoms with Gasteiger partial charge in [-0.3, -0.25) is 4.79 Å². The Hall–Kier alpha value is -2.44. The van der Waals surface area contributed by atoms with Crippen molar-refractivity contribution in [3.05, 3.63) is 24.3 Å². The predicted molar refractivity (Wildman–Crippen MR) is 97.6 cm³/mol. The number of ketones is 1. The lowest BCUT2D eigenvalue weighted by Crippen LogP contribution is -2.41. The number of carbonyl (C=O) groups is 2. The zero-order chi connectivity index (χ0) is 18.0. The molecule has 0 aliphatic heterocycles. The van der Waals surface area contributed by atoms with Crippen LogP contribution in [0.15, 0.2) is 18.6 Å². The molecule has 3 rings (SSSR count). The molecule has 0 atom stereocenters. The molecular formula is C18H28N4O3. The van der Waals surface area contributed by atoms with Crippen molar-refractivity contribution in [2.75, 3.05) is 0 Å². The van der Waals surface area contributed by atoms with Crippen molar-refractivity contribution < 1.29 is 17.2 Å². The maximum Gasteiger partial charge on any atom is 0.407 e. The van der Waals surface area contributed by atoms with Gasteiger partial charge in [0.2, 0.25) is 0 Å². The van der Waals surface area contributed by atoms with Gasteiger partial charge in [-0.1, -0.05) is 0 Å². The van der Waals surface area contributed by atoms with E-state index in [9.17, 15) is 9.59 Å². The lowest BCUT2D eigenvalue weighted by molar-refractivity contribution is 0.0487. The summed E-state index contributed by atoms with van der Waals surface area (Å²) in [5.74, 6) is -0.00703. The second-order valence-electron chi connectivity index (χ2n) is 7.52. The fourth-order valence-electron chi connectivity index (χ4n) is 3.24. The van der Waals surface area contributed by atoms with Crippen molar-refractivity contribution in [3.8, 4) is 0 Å². The Morgan fingerprint density at radius 2 is 1.96 bits per heavy atom. The van der Waals surface area contributed by atoms with Crippen molar-refractivity contribution in [2.24, 2.45) is 5.92 Å². The molecule has 1 fully saturated rings. The number of hydrogen-bond acceptors (Lipinski definition) is 5. The Morgan fingerprint density at radius 3 is 2.64 bits per heavy atom. The van der Waals surface area contributed by atoms with Crippen molar-refractivity contribution >= 4 is 22.9 Å². The van der Waals surface area contributed by atoms with Crippen LogP contribution in [0.2, 0.25) is 0 Å². The van der Waals surface area contributed by atoms with Gasteiger partial charge in [0.25, 0.3) is 0 Å². The number of Topliss-reactive ketones (excluding diaryl/α,β-unsaturated/α-hetero) is 1. The second kappa shape index (κ2) is 6.82. The minimum Gasteiger partial charge on any atom is -0.444 e. The Kier molecular flexibility index (Phi) is 4.74. The third-order valence-electron chi connectivity index (χ3n) is 4.41. The molecule has 1 aliphatic carbocycles. The number of carbonyl (C=O) groups excluding carboxylic acids is 2. The van der Waals surface area contributed by atoms with Crippen molar-refractivity contribution in [1.29, 1.82) is 0 Å². The molecule has 0 unspecified atom stereocenters. The van der Waals surface area contributed by atoms with Gasteiger partial charge in [-0.15, -0.1) is 0 Å². The van der Waals surface area contributed by atoms with E-state index in [1.165, 1.54) is 6.33 Å². The first kappa shape index (κ1) is 17.4. The highest BCUT2D eigenvalue weighted by molar-refractivity contribution is 6.06. The largest absolute Gasteiger partial charge is 0.444 e. The summed E-state index contributed by atoms with van der Waals surface area (Å²) in [6, 6.07) is 1.88. The van der Waals surface area contributed by atoms with Crippen molar-refractivity contribution in [2.45, 2.75) is 58.1 Å². The van der Waals surface area contributed by atoms with Crippen LogP contribution in [0.4, 0.5) is 4.79 Å². The van der Waals surface area contributed by atoms with Crippen LogP contribution in [0.25, 0.3) is 11.0 Å². The molecule has 2 N–H and O–H groups in total. The fourth-order valence-corrected chi connectivity index (χ4v) is 3.24. The van der Waals surface area contributed by atoms with Crippen LogP contribution in [0.3, 0.4) is 0 Å². The van der Waals surface area contributed by atoms with E-state index in [-0.39, 0.29) is 20.6 Å². The summed E-state index contributed by atoms with van der Waals surface area (Å²) in [4.78, 5) is 36.0. The van der Waals surface area contributed by atoms with Crippen LogP contribution in [-0.4, -0.2) is 38.5 Å². The number of nitrogens with zero attached hydrogens (tertiary/aromatic N) is 2. The molecule has 0 aromatic carbocycles. The standard InChI is InChI=1S/C18H24N4O3.2H2/c1-18(2,3)25-17(24)22-12-6-4-11(5-7-12)15(23)14-13-8-9-19-16(13)21-10-20-14;;/h8-12H,4-7H2,1-3H3,(H,22,24)(H,19,20,21);2*1H. The highest BCUT2D eigenvalue weighted by Crippen LogP contribution is 2.28. The molecule has 0 spiro atoms. The first-order chi connectivity index (χ1) is 11.8. The molecule has 7 nitrogen and oxygen atoms in total. The number of hydrogen-bond donors (Lipinski definition) is 2. The monoisotopic (exact) mass is 348 g/mol. The summed E-state index contributed by atoms with van der Waals surface area (Å²) in [6.07, 6.45) is 5.77. The number of aromatic nitrogens is 3. The van der Waals surface area contributed by atoms with Gasteiger partial charge in [-0.25, -0.2) is 14.8 Å². The summed E-state index contributed by atoms with van der Waals surface area (Å²) in [6.45, 7) is 5.52. The Morgan fingerprint density at radius 1 is 1.24 bits per heavy atom. The van der Waals surface area contributed by atoms with Crippen LogP contribution >= 0.6 is 0 Å². The molecule has 0 saturated heterocycles. The highest BCUT2D eigenvalue weighted by Gasteiger charge is 2.30. The van der Waals surface area contributed by atoms with E-state index >= 15 is 0 Å². The number of fused-ring (bicyclic) bond motifs is 1. The zero-order valence-electron chi connectivity index (χ0n) is 14.8. The predicted octanol–water partition coefficient (Wildman–Crippen LogP) is 3.72. The lowest BCUT2D eigenvalue weighted by Gasteiger charge is -2.29. The van der Waals surface area contributed by atoms with Gasteiger partial charge in [0, 0.05) is 26.4 Å². The minimum atomic E-state index is -0.508. The summed E-state index contributed by atoms with van der Waals surface area (Å²) in [7, 11) is 0. The minimum absolute atomic E-state index is 0. The fraction of sp³-hybridized carbons (Fsp3) is 0.556.